The minimum Gasteiger partial charge on any atom is -0.465 e. The van der Waals surface area contributed by atoms with E-state index in [1.807, 2.05) is 13.8 Å². The molecule has 1 heterocycles. The number of nitrogen functional groups attached to an aromatic ring is 1. The van der Waals surface area contributed by atoms with Gasteiger partial charge < -0.3 is 15.8 Å². The lowest BCUT2D eigenvalue weighted by molar-refractivity contribution is 0.0603. The van der Waals surface area contributed by atoms with Gasteiger partial charge in [-0.25, -0.2) is 9.48 Å². The zero-order chi connectivity index (χ0) is 14.4. The van der Waals surface area contributed by atoms with Crippen molar-refractivity contribution in [1.29, 1.82) is 0 Å². The van der Waals surface area contributed by atoms with E-state index in [0.29, 0.717) is 17.2 Å². The first-order chi connectivity index (χ1) is 9.06. The Bertz CT molecular complexity index is 429. The molecule has 0 aliphatic heterocycles. The van der Waals surface area contributed by atoms with Gasteiger partial charge in [-0.05, 0) is 19.8 Å². The average Bonchev–Trinajstić information content (AvgIpc) is 2.74. The summed E-state index contributed by atoms with van der Waals surface area (Å²) in [5, 5.41) is 7.56. The van der Waals surface area contributed by atoms with Gasteiger partial charge in [0.1, 0.15) is 11.4 Å². The molecule has 0 aliphatic rings. The predicted molar refractivity (Wildman–Crippen MR) is 76.4 cm³/mol. The van der Waals surface area contributed by atoms with Crippen molar-refractivity contribution in [1.82, 2.24) is 9.78 Å². The number of hydrogen-bond acceptors (Lipinski definition) is 5. The summed E-state index contributed by atoms with van der Waals surface area (Å²) < 4.78 is 6.46. The lowest BCUT2D eigenvalue weighted by Gasteiger charge is -2.10. The van der Waals surface area contributed by atoms with Crippen LogP contribution < -0.4 is 11.1 Å². The molecular weight excluding hydrogens is 244 g/mol. The Kier molecular flexibility index (Phi) is 5.66. The summed E-state index contributed by atoms with van der Waals surface area (Å²) in [6, 6.07) is 0.144. The van der Waals surface area contributed by atoms with Crippen LogP contribution in [0.1, 0.15) is 56.4 Å². The van der Waals surface area contributed by atoms with Gasteiger partial charge in [0.15, 0.2) is 5.82 Å². The predicted octanol–water partition coefficient (Wildman–Crippen LogP) is 2.43. The number of esters is 1. The summed E-state index contributed by atoms with van der Waals surface area (Å²) in [4.78, 5) is 11.8. The minimum atomic E-state index is -0.453. The highest BCUT2D eigenvalue weighted by atomic mass is 16.5. The van der Waals surface area contributed by atoms with Crippen molar-refractivity contribution in [2.24, 2.45) is 0 Å². The monoisotopic (exact) mass is 268 g/mol. The molecule has 1 rings (SSSR count). The fourth-order valence-electron chi connectivity index (χ4n) is 1.77. The zero-order valence-electron chi connectivity index (χ0n) is 12.2. The van der Waals surface area contributed by atoms with Crippen LogP contribution in [0.4, 0.5) is 11.6 Å². The molecule has 0 amide bonds. The average molecular weight is 268 g/mol. The second-order valence-electron chi connectivity index (χ2n) is 4.58. The molecule has 0 spiro atoms. The van der Waals surface area contributed by atoms with Crippen molar-refractivity contribution in [3.63, 3.8) is 0 Å². The Morgan fingerprint density at radius 1 is 1.53 bits per heavy atom. The first-order valence-electron chi connectivity index (χ1n) is 6.76. The topological polar surface area (TPSA) is 82.2 Å². The van der Waals surface area contributed by atoms with Crippen LogP contribution in [0.2, 0.25) is 0 Å². The van der Waals surface area contributed by atoms with E-state index in [1.165, 1.54) is 7.11 Å². The second-order valence-corrected chi connectivity index (χ2v) is 4.58. The van der Waals surface area contributed by atoms with E-state index < -0.39 is 5.97 Å². The lowest BCUT2D eigenvalue weighted by atomic mass is 10.2. The Balaban J connectivity index is 3.08. The number of ether oxygens (including phenoxy) is 1. The fourth-order valence-corrected chi connectivity index (χ4v) is 1.77. The number of carbonyl (C=O) groups excluding carboxylic acids is 1. The smallest absolute Gasteiger partial charge is 0.345 e. The van der Waals surface area contributed by atoms with E-state index in [4.69, 9.17) is 10.5 Å². The van der Waals surface area contributed by atoms with Gasteiger partial charge in [-0.15, -0.1) is 0 Å². The van der Waals surface area contributed by atoms with Crippen LogP contribution in [0.25, 0.3) is 0 Å². The summed E-state index contributed by atoms with van der Waals surface area (Å²) in [6.45, 7) is 6.93. The van der Waals surface area contributed by atoms with Crippen LogP contribution >= 0.6 is 0 Å². The molecule has 0 fully saturated rings. The molecule has 1 atom stereocenters. The summed E-state index contributed by atoms with van der Waals surface area (Å²) in [5.74, 6) is 0.421. The first kappa shape index (κ1) is 15.3. The Morgan fingerprint density at radius 2 is 2.21 bits per heavy atom. The minimum absolute atomic E-state index is 0.144. The highest BCUT2D eigenvalue weighted by Crippen LogP contribution is 2.26. The van der Waals surface area contributed by atoms with Gasteiger partial charge in [0.2, 0.25) is 0 Å². The standard InChI is InChI=1S/C13H24N4O2/c1-5-7-8-15-12-10(13(18)19-4)11(14)17(16-12)9(3)6-2/h9H,5-8,14H2,1-4H3,(H,15,16). The number of rotatable bonds is 7. The number of nitrogens with zero attached hydrogens (tertiary/aromatic N) is 2. The molecule has 6 nitrogen and oxygen atoms in total. The highest BCUT2D eigenvalue weighted by Gasteiger charge is 2.24. The number of hydrogen-bond donors (Lipinski definition) is 2. The third-order valence-electron chi connectivity index (χ3n) is 3.17. The number of nitrogens with one attached hydrogen (secondary N) is 1. The Labute approximate surface area is 114 Å². The van der Waals surface area contributed by atoms with Crippen LogP contribution in [-0.4, -0.2) is 29.4 Å². The summed E-state index contributed by atoms with van der Waals surface area (Å²) >= 11 is 0. The van der Waals surface area contributed by atoms with Crippen LogP contribution in [0.15, 0.2) is 0 Å². The van der Waals surface area contributed by atoms with Crippen LogP contribution in [0, 0.1) is 0 Å². The van der Waals surface area contributed by atoms with Gasteiger partial charge in [-0.3, -0.25) is 0 Å². The van der Waals surface area contributed by atoms with Crippen molar-refractivity contribution in [3.05, 3.63) is 5.56 Å². The van der Waals surface area contributed by atoms with Crippen molar-refractivity contribution in [3.8, 4) is 0 Å². The zero-order valence-corrected chi connectivity index (χ0v) is 12.2. The highest BCUT2D eigenvalue weighted by molar-refractivity contribution is 5.99. The van der Waals surface area contributed by atoms with E-state index in [-0.39, 0.29) is 6.04 Å². The van der Waals surface area contributed by atoms with Crippen molar-refractivity contribution in [2.45, 2.75) is 46.1 Å². The van der Waals surface area contributed by atoms with Gasteiger partial charge >= 0.3 is 5.97 Å². The van der Waals surface area contributed by atoms with Gasteiger partial charge in [0.05, 0.1) is 13.2 Å². The maximum Gasteiger partial charge on any atom is 0.345 e. The fraction of sp³-hybridized carbons (Fsp3) is 0.692. The number of nitrogens with two attached hydrogens (primary N) is 1. The molecular formula is C13H24N4O2. The molecule has 1 aromatic rings. The molecule has 3 N–H and O–H groups in total. The summed E-state index contributed by atoms with van der Waals surface area (Å²) in [5.41, 5.74) is 6.35. The molecule has 0 radical (unpaired) electrons. The number of carbonyl (C=O) groups is 1. The van der Waals surface area contributed by atoms with E-state index in [0.717, 1.165) is 25.8 Å². The van der Waals surface area contributed by atoms with E-state index in [9.17, 15) is 4.79 Å². The summed E-state index contributed by atoms with van der Waals surface area (Å²) in [6.07, 6.45) is 2.97. The molecule has 0 saturated heterocycles. The molecule has 6 heteroatoms. The lowest BCUT2D eigenvalue weighted by Crippen LogP contribution is -2.11. The first-order valence-corrected chi connectivity index (χ1v) is 6.76. The van der Waals surface area contributed by atoms with E-state index in [1.54, 1.807) is 4.68 Å². The quantitative estimate of drug-likeness (QED) is 0.586. The summed E-state index contributed by atoms with van der Waals surface area (Å²) in [7, 11) is 1.35. The maximum atomic E-state index is 11.8. The normalized spacial score (nSPS) is 12.2. The Hall–Kier alpha value is -1.72. The van der Waals surface area contributed by atoms with Crippen LogP contribution in [0.3, 0.4) is 0 Å². The van der Waals surface area contributed by atoms with Crippen molar-refractivity contribution >= 4 is 17.6 Å². The van der Waals surface area contributed by atoms with Crippen LogP contribution in [-0.2, 0) is 4.74 Å². The molecule has 0 aromatic carbocycles. The number of methoxy groups -OCH3 is 1. The second kappa shape index (κ2) is 7.01. The number of aromatic nitrogens is 2. The number of unbranched alkanes of at least 4 members (excludes halogenated alkanes) is 1. The molecule has 0 aliphatic carbocycles. The Morgan fingerprint density at radius 3 is 2.74 bits per heavy atom. The molecule has 0 saturated carbocycles. The van der Waals surface area contributed by atoms with Crippen LogP contribution in [0.5, 0.6) is 0 Å². The van der Waals surface area contributed by atoms with Gasteiger partial charge in [0, 0.05) is 6.54 Å². The molecule has 0 bridgehead atoms. The van der Waals surface area contributed by atoms with Gasteiger partial charge in [-0.2, -0.15) is 5.10 Å². The molecule has 1 aromatic heterocycles. The third kappa shape index (κ3) is 3.39. The number of anilines is 2. The largest absolute Gasteiger partial charge is 0.465 e. The molecule has 1 unspecified atom stereocenters. The van der Waals surface area contributed by atoms with Gasteiger partial charge in [-0.1, -0.05) is 20.3 Å². The van der Waals surface area contributed by atoms with Crippen molar-refractivity contribution < 1.29 is 9.53 Å². The third-order valence-corrected chi connectivity index (χ3v) is 3.17. The van der Waals surface area contributed by atoms with Gasteiger partial charge in [0.25, 0.3) is 0 Å². The van der Waals surface area contributed by atoms with Crippen molar-refractivity contribution in [2.75, 3.05) is 24.7 Å². The molecule has 108 valence electrons. The van der Waals surface area contributed by atoms with E-state index in [2.05, 4.69) is 17.3 Å². The molecule has 19 heavy (non-hydrogen) atoms. The van der Waals surface area contributed by atoms with E-state index >= 15 is 0 Å². The maximum absolute atomic E-state index is 11.8. The SMILES string of the molecule is CCCCNc1nn(C(C)CC)c(N)c1C(=O)OC.